The van der Waals surface area contributed by atoms with Crippen molar-refractivity contribution in [1.29, 1.82) is 0 Å². The molecular formula is C30H42N6O4S. The summed E-state index contributed by atoms with van der Waals surface area (Å²) < 4.78 is 30.7. The average molecular weight is 583 g/mol. The molecule has 1 unspecified atom stereocenters. The number of amides is 1. The lowest BCUT2D eigenvalue weighted by molar-refractivity contribution is -0.127. The number of nitrogens with one attached hydrogen (secondary N) is 2. The summed E-state index contributed by atoms with van der Waals surface area (Å²) in [6.45, 7) is 5.65. The van der Waals surface area contributed by atoms with Gasteiger partial charge in [-0.05, 0) is 82.3 Å². The zero-order chi connectivity index (χ0) is 28.8. The Morgan fingerprint density at radius 2 is 1.93 bits per heavy atom. The van der Waals surface area contributed by atoms with E-state index in [-0.39, 0.29) is 29.7 Å². The molecule has 5 rings (SSSR count). The van der Waals surface area contributed by atoms with Crippen LogP contribution in [0.25, 0.3) is 16.7 Å². The first kappa shape index (κ1) is 29.3. The molecule has 222 valence electrons. The molecule has 1 aliphatic heterocycles. The molecule has 1 amide bonds. The minimum atomic E-state index is -3.01. The molecule has 10 nitrogen and oxygen atoms in total. The minimum Gasteiger partial charge on any atom is -0.493 e. The number of ether oxygens (including phenoxy) is 1. The van der Waals surface area contributed by atoms with Crippen molar-refractivity contribution in [3.8, 4) is 11.6 Å². The van der Waals surface area contributed by atoms with Gasteiger partial charge in [0.15, 0.2) is 0 Å². The van der Waals surface area contributed by atoms with Crippen LogP contribution in [0.1, 0.15) is 51.9 Å². The van der Waals surface area contributed by atoms with E-state index >= 15 is 0 Å². The largest absolute Gasteiger partial charge is 0.493 e. The number of nitrogens with zero attached hydrogens (tertiary/aromatic N) is 4. The van der Waals surface area contributed by atoms with E-state index in [2.05, 4.69) is 27.4 Å². The van der Waals surface area contributed by atoms with Gasteiger partial charge in [-0.25, -0.2) is 13.4 Å². The number of piperidine rings is 1. The van der Waals surface area contributed by atoms with Crippen molar-refractivity contribution in [1.82, 2.24) is 24.8 Å². The molecule has 2 fully saturated rings. The van der Waals surface area contributed by atoms with Crippen LogP contribution >= 0.6 is 0 Å². The van der Waals surface area contributed by atoms with Crippen molar-refractivity contribution >= 4 is 32.6 Å². The van der Waals surface area contributed by atoms with E-state index in [4.69, 9.17) is 9.72 Å². The van der Waals surface area contributed by atoms with Gasteiger partial charge in [-0.15, -0.1) is 0 Å². The third-order valence-corrected chi connectivity index (χ3v) is 9.26. The molecule has 1 saturated heterocycles. The number of aromatic nitrogens is 3. The lowest BCUT2D eigenvalue weighted by Crippen LogP contribution is -2.49. The number of sulfone groups is 1. The van der Waals surface area contributed by atoms with Crippen molar-refractivity contribution in [3.05, 3.63) is 42.7 Å². The number of benzene rings is 1. The maximum Gasteiger partial charge on any atom is 0.224 e. The number of carbonyl (C=O) groups is 1. The lowest BCUT2D eigenvalue weighted by Gasteiger charge is -2.34. The third kappa shape index (κ3) is 7.77. The van der Waals surface area contributed by atoms with Gasteiger partial charge in [0.2, 0.25) is 11.9 Å². The molecule has 0 radical (unpaired) electrons. The molecule has 1 aromatic carbocycles. The maximum absolute atomic E-state index is 12.9. The highest BCUT2D eigenvalue weighted by Crippen LogP contribution is 2.30. The molecule has 2 N–H and O–H groups in total. The molecule has 11 heteroatoms. The Morgan fingerprint density at radius 3 is 2.71 bits per heavy atom. The molecule has 1 atom stereocenters. The van der Waals surface area contributed by atoms with Crippen molar-refractivity contribution in [2.75, 3.05) is 43.6 Å². The van der Waals surface area contributed by atoms with E-state index in [9.17, 15) is 13.2 Å². The summed E-state index contributed by atoms with van der Waals surface area (Å²) in [6, 6.07) is 10.2. The quantitative estimate of drug-likeness (QED) is 0.328. The SMILES string of the molecule is CCN1CCCC(NC(=O)C2CCC(Nc3nccc(-n4ccc5c(OCCCS(C)(=O)=O)cccc54)n3)CC2)C1. The Labute approximate surface area is 242 Å². The van der Waals surface area contributed by atoms with Crippen LogP contribution in [0.4, 0.5) is 5.95 Å². The van der Waals surface area contributed by atoms with Gasteiger partial charge in [-0.1, -0.05) is 13.0 Å². The van der Waals surface area contributed by atoms with Crippen LogP contribution in [0.5, 0.6) is 5.75 Å². The first-order valence-electron chi connectivity index (χ1n) is 14.8. The smallest absolute Gasteiger partial charge is 0.224 e. The van der Waals surface area contributed by atoms with E-state index in [0.29, 0.717) is 24.7 Å². The second-order valence-corrected chi connectivity index (χ2v) is 13.6. The summed E-state index contributed by atoms with van der Waals surface area (Å²) in [5.41, 5.74) is 0.946. The zero-order valence-corrected chi connectivity index (χ0v) is 24.9. The number of anilines is 1. The number of hydrogen-bond acceptors (Lipinski definition) is 8. The lowest BCUT2D eigenvalue weighted by atomic mass is 9.85. The van der Waals surface area contributed by atoms with Crippen molar-refractivity contribution in [3.63, 3.8) is 0 Å². The van der Waals surface area contributed by atoms with Crippen LogP contribution in [0, 0.1) is 5.92 Å². The van der Waals surface area contributed by atoms with Gasteiger partial charge in [0.1, 0.15) is 21.4 Å². The van der Waals surface area contributed by atoms with Gasteiger partial charge < -0.3 is 24.8 Å². The highest BCUT2D eigenvalue weighted by atomic mass is 32.2. The van der Waals surface area contributed by atoms with E-state index < -0.39 is 9.84 Å². The van der Waals surface area contributed by atoms with Gasteiger partial charge in [0.25, 0.3) is 0 Å². The summed E-state index contributed by atoms with van der Waals surface area (Å²) in [6.07, 6.45) is 11.2. The standard InChI is InChI=1S/C30H42N6O4S/c1-3-35-17-5-7-24(21-35)32-29(37)22-10-12-23(13-11-22)33-30-31-16-14-28(34-30)36-18-15-25-26(36)8-4-9-27(25)40-19-6-20-41(2,38)39/h4,8-9,14-16,18,22-24H,3,5-7,10-13,17,19-21H2,1-2H3,(H,32,37)(H,31,33,34). The molecule has 0 spiro atoms. The van der Waals surface area contributed by atoms with Gasteiger partial charge >= 0.3 is 0 Å². The number of hydrogen-bond donors (Lipinski definition) is 2. The first-order chi connectivity index (χ1) is 19.8. The van der Waals surface area contributed by atoms with E-state index in [0.717, 1.165) is 74.9 Å². The summed E-state index contributed by atoms with van der Waals surface area (Å²) in [5, 5.41) is 7.75. The number of likely N-dealkylation sites (tertiary alicyclic amines) is 1. The molecule has 3 heterocycles. The highest BCUT2D eigenvalue weighted by molar-refractivity contribution is 7.90. The Balaban J connectivity index is 1.16. The Morgan fingerprint density at radius 1 is 1.10 bits per heavy atom. The molecule has 2 aromatic heterocycles. The summed E-state index contributed by atoms with van der Waals surface area (Å²) in [4.78, 5) is 24.6. The van der Waals surface area contributed by atoms with Crippen molar-refractivity contribution in [2.24, 2.45) is 5.92 Å². The number of carbonyl (C=O) groups excluding carboxylic acids is 1. The summed E-state index contributed by atoms with van der Waals surface area (Å²) >= 11 is 0. The normalized spacial score (nSPS) is 22.0. The third-order valence-electron chi connectivity index (χ3n) is 8.23. The van der Waals surface area contributed by atoms with Gasteiger partial charge in [0, 0.05) is 48.6 Å². The second-order valence-electron chi connectivity index (χ2n) is 11.4. The number of fused-ring (bicyclic) bond motifs is 1. The van der Waals surface area contributed by atoms with E-state index in [1.807, 2.05) is 41.1 Å². The second kappa shape index (κ2) is 13.2. The van der Waals surface area contributed by atoms with Gasteiger partial charge in [-0.2, -0.15) is 4.98 Å². The fourth-order valence-electron chi connectivity index (χ4n) is 5.98. The van der Waals surface area contributed by atoms with Crippen LogP contribution in [-0.4, -0.2) is 84.1 Å². The fourth-order valence-corrected chi connectivity index (χ4v) is 6.63. The Hall–Kier alpha value is -3.18. The molecule has 1 saturated carbocycles. The van der Waals surface area contributed by atoms with Crippen molar-refractivity contribution in [2.45, 2.75) is 64.0 Å². The monoisotopic (exact) mass is 582 g/mol. The summed E-state index contributed by atoms with van der Waals surface area (Å²) in [5.74, 6) is 2.43. The first-order valence-corrected chi connectivity index (χ1v) is 16.9. The zero-order valence-electron chi connectivity index (χ0n) is 24.1. The number of likely N-dealkylation sites (N-methyl/N-ethyl adjacent to an activating group) is 1. The Bertz CT molecular complexity index is 1430. The van der Waals surface area contributed by atoms with Crippen molar-refractivity contribution < 1.29 is 17.9 Å². The topological polar surface area (TPSA) is 118 Å². The predicted octanol–water partition coefficient (Wildman–Crippen LogP) is 3.81. The Kier molecular flexibility index (Phi) is 9.44. The predicted molar refractivity (Wildman–Crippen MR) is 161 cm³/mol. The average Bonchev–Trinajstić information content (AvgIpc) is 3.40. The maximum atomic E-state index is 12.9. The summed E-state index contributed by atoms with van der Waals surface area (Å²) in [7, 11) is -3.01. The molecule has 3 aromatic rings. The molecule has 0 bridgehead atoms. The van der Waals surface area contributed by atoms with E-state index in [1.54, 1.807) is 6.20 Å². The molecular weight excluding hydrogens is 540 g/mol. The molecule has 1 aliphatic carbocycles. The van der Waals surface area contributed by atoms with Crippen LogP contribution < -0.4 is 15.4 Å². The van der Waals surface area contributed by atoms with Crippen LogP contribution in [-0.2, 0) is 14.6 Å². The van der Waals surface area contributed by atoms with Crippen LogP contribution in [0.15, 0.2) is 42.7 Å². The fraction of sp³-hybridized carbons (Fsp3) is 0.567. The number of rotatable bonds is 11. The molecule has 2 aliphatic rings. The van der Waals surface area contributed by atoms with Gasteiger partial charge in [0.05, 0.1) is 17.9 Å². The van der Waals surface area contributed by atoms with Gasteiger partial charge in [-0.3, -0.25) is 4.79 Å². The highest BCUT2D eigenvalue weighted by Gasteiger charge is 2.29. The molecule has 41 heavy (non-hydrogen) atoms. The van der Waals surface area contributed by atoms with Crippen LogP contribution in [0.2, 0.25) is 0 Å². The minimum absolute atomic E-state index is 0.0753. The van der Waals surface area contributed by atoms with Crippen LogP contribution in [0.3, 0.4) is 0 Å². The van der Waals surface area contributed by atoms with E-state index in [1.165, 1.54) is 6.26 Å².